The predicted molar refractivity (Wildman–Crippen MR) is 108 cm³/mol. The number of hydrogen-bond donors (Lipinski definition) is 0. The molecule has 6 heteroatoms. The molecule has 2 saturated heterocycles. The quantitative estimate of drug-likeness (QED) is 0.759. The molecule has 0 spiro atoms. The van der Waals surface area contributed by atoms with Crippen molar-refractivity contribution in [1.82, 2.24) is 9.80 Å². The van der Waals surface area contributed by atoms with Crippen molar-refractivity contribution in [2.24, 2.45) is 0 Å². The number of rotatable bonds is 6. The molecule has 152 valence electrons. The third-order valence-electron chi connectivity index (χ3n) is 5.89. The van der Waals surface area contributed by atoms with Gasteiger partial charge in [-0.15, -0.1) is 0 Å². The van der Waals surface area contributed by atoms with Crippen molar-refractivity contribution in [3.8, 4) is 0 Å². The summed E-state index contributed by atoms with van der Waals surface area (Å²) in [5.41, 5.74) is 1.12. The van der Waals surface area contributed by atoms with Crippen molar-refractivity contribution in [2.75, 3.05) is 51.3 Å². The maximum absolute atomic E-state index is 13.1. The molecule has 2 aromatic rings. The number of nitrogens with zero attached hydrogens (tertiary/aromatic N) is 3. The van der Waals surface area contributed by atoms with E-state index in [4.69, 9.17) is 9.15 Å². The minimum Gasteiger partial charge on any atom is -0.462 e. The molecule has 0 bridgehead atoms. The van der Waals surface area contributed by atoms with Gasteiger partial charge < -0.3 is 14.1 Å². The average Bonchev–Trinajstić information content (AvgIpc) is 3.16. The van der Waals surface area contributed by atoms with Gasteiger partial charge in [0.2, 0.25) is 0 Å². The van der Waals surface area contributed by atoms with E-state index in [2.05, 4.69) is 20.8 Å². The number of ether oxygens (including phenoxy) is 1. The molecule has 5 nitrogen and oxygen atoms in total. The lowest BCUT2D eigenvalue weighted by Gasteiger charge is -2.43. The van der Waals surface area contributed by atoms with Crippen LogP contribution in [0, 0.1) is 5.82 Å². The van der Waals surface area contributed by atoms with Crippen LogP contribution in [0.5, 0.6) is 0 Å². The molecule has 2 aliphatic rings. The fraction of sp³-hybridized carbons (Fsp3) is 0.545. The van der Waals surface area contributed by atoms with Gasteiger partial charge in [-0.2, -0.15) is 0 Å². The largest absolute Gasteiger partial charge is 0.462 e. The maximum Gasteiger partial charge on any atom is 0.129 e. The van der Waals surface area contributed by atoms with Crippen LogP contribution in [-0.2, 0) is 17.9 Å². The Morgan fingerprint density at radius 2 is 1.75 bits per heavy atom. The van der Waals surface area contributed by atoms with E-state index >= 15 is 0 Å². The van der Waals surface area contributed by atoms with Gasteiger partial charge in [0.25, 0.3) is 0 Å². The van der Waals surface area contributed by atoms with E-state index in [0.717, 1.165) is 63.0 Å². The number of methoxy groups -OCH3 is 1. The van der Waals surface area contributed by atoms with Gasteiger partial charge in [-0.1, -0.05) is 0 Å². The summed E-state index contributed by atoms with van der Waals surface area (Å²) in [6, 6.07) is 11.6. The first-order chi connectivity index (χ1) is 13.7. The van der Waals surface area contributed by atoms with Crippen LogP contribution in [0.2, 0.25) is 0 Å². The van der Waals surface area contributed by atoms with E-state index in [9.17, 15) is 4.39 Å². The Hall–Kier alpha value is -1.89. The maximum atomic E-state index is 13.1. The van der Waals surface area contributed by atoms with Crippen LogP contribution in [0.4, 0.5) is 10.1 Å². The van der Waals surface area contributed by atoms with Crippen LogP contribution in [0.3, 0.4) is 0 Å². The number of anilines is 1. The van der Waals surface area contributed by atoms with Crippen LogP contribution >= 0.6 is 0 Å². The Bertz CT molecular complexity index is 740. The van der Waals surface area contributed by atoms with Crippen LogP contribution in [0.1, 0.15) is 24.4 Å². The van der Waals surface area contributed by atoms with Crippen molar-refractivity contribution in [2.45, 2.75) is 32.0 Å². The molecule has 0 amide bonds. The van der Waals surface area contributed by atoms with Crippen molar-refractivity contribution < 1.29 is 13.5 Å². The highest BCUT2D eigenvalue weighted by molar-refractivity contribution is 5.46. The second kappa shape index (κ2) is 9.07. The van der Waals surface area contributed by atoms with Gasteiger partial charge in [0, 0.05) is 51.6 Å². The molecule has 2 aliphatic heterocycles. The summed E-state index contributed by atoms with van der Waals surface area (Å²) < 4.78 is 24.1. The molecule has 1 atom stereocenters. The second-order valence-electron chi connectivity index (χ2n) is 7.83. The average molecular weight is 387 g/mol. The Labute approximate surface area is 166 Å². The number of piperazine rings is 1. The highest BCUT2D eigenvalue weighted by Crippen LogP contribution is 2.22. The monoisotopic (exact) mass is 387 g/mol. The van der Waals surface area contributed by atoms with Crippen LogP contribution < -0.4 is 4.90 Å². The molecule has 0 N–H and O–H groups in total. The number of likely N-dealkylation sites (tertiary alicyclic amines) is 1. The van der Waals surface area contributed by atoms with Gasteiger partial charge in [0.15, 0.2) is 0 Å². The SMILES string of the molecule is COCc1ccc(CN2CCC[C@H](N3CCN(c4ccc(F)cc4)CC3)C2)o1. The summed E-state index contributed by atoms with van der Waals surface area (Å²) in [5, 5.41) is 0. The van der Waals surface area contributed by atoms with Crippen LogP contribution in [0.15, 0.2) is 40.8 Å². The number of hydrogen-bond acceptors (Lipinski definition) is 5. The predicted octanol–water partition coefficient (Wildman–Crippen LogP) is 3.35. The van der Waals surface area contributed by atoms with Gasteiger partial charge in [0.05, 0.1) is 6.54 Å². The summed E-state index contributed by atoms with van der Waals surface area (Å²) in [5.74, 6) is 1.74. The summed E-state index contributed by atoms with van der Waals surface area (Å²) in [6.07, 6.45) is 2.49. The fourth-order valence-corrected chi connectivity index (χ4v) is 4.42. The molecule has 0 saturated carbocycles. The highest BCUT2D eigenvalue weighted by atomic mass is 19.1. The van der Waals surface area contributed by atoms with Gasteiger partial charge in [-0.25, -0.2) is 4.39 Å². The molecule has 1 aromatic heterocycles. The summed E-state index contributed by atoms with van der Waals surface area (Å²) in [7, 11) is 1.69. The topological polar surface area (TPSA) is 32.1 Å². The van der Waals surface area contributed by atoms with Crippen LogP contribution in [0.25, 0.3) is 0 Å². The number of piperidine rings is 1. The lowest BCUT2D eigenvalue weighted by atomic mass is 10.0. The molecule has 0 aliphatic carbocycles. The number of benzene rings is 1. The van der Waals surface area contributed by atoms with E-state index in [1.54, 1.807) is 19.2 Å². The Morgan fingerprint density at radius 3 is 2.50 bits per heavy atom. The van der Waals surface area contributed by atoms with E-state index in [1.165, 1.54) is 12.8 Å². The third kappa shape index (κ3) is 4.74. The van der Waals surface area contributed by atoms with Gasteiger partial charge in [0.1, 0.15) is 23.9 Å². The Balaban J connectivity index is 1.28. The molecule has 4 rings (SSSR count). The van der Waals surface area contributed by atoms with E-state index < -0.39 is 0 Å². The fourth-order valence-electron chi connectivity index (χ4n) is 4.42. The normalized spacial score (nSPS) is 21.9. The Morgan fingerprint density at radius 1 is 1.00 bits per heavy atom. The third-order valence-corrected chi connectivity index (χ3v) is 5.89. The van der Waals surface area contributed by atoms with Gasteiger partial charge in [-0.05, 0) is 55.8 Å². The lowest BCUT2D eigenvalue weighted by molar-refractivity contribution is 0.0837. The molecule has 3 heterocycles. The molecular formula is C22H30FN3O2. The Kier molecular flexibility index (Phi) is 6.29. The molecule has 1 aromatic carbocycles. The minimum absolute atomic E-state index is 0.171. The number of halogens is 1. The molecule has 0 radical (unpaired) electrons. The summed E-state index contributed by atoms with van der Waals surface area (Å²) in [6.45, 7) is 7.75. The van der Waals surface area contributed by atoms with Gasteiger partial charge in [-0.3, -0.25) is 9.80 Å². The first-order valence-corrected chi connectivity index (χ1v) is 10.2. The zero-order valence-corrected chi connectivity index (χ0v) is 16.6. The van der Waals surface area contributed by atoms with E-state index in [1.807, 2.05) is 18.2 Å². The van der Waals surface area contributed by atoms with Crippen molar-refractivity contribution in [1.29, 1.82) is 0 Å². The second-order valence-corrected chi connectivity index (χ2v) is 7.83. The summed E-state index contributed by atoms with van der Waals surface area (Å²) in [4.78, 5) is 7.50. The smallest absolute Gasteiger partial charge is 0.129 e. The molecule has 0 unspecified atom stereocenters. The van der Waals surface area contributed by atoms with Crippen molar-refractivity contribution >= 4 is 5.69 Å². The van der Waals surface area contributed by atoms with Crippen molar-refractivity contribution in [3.05, 3.63) is 53.7 Å². The zero-order valence-electron chi connectivity index (χ0n) is 16.6. The lowest BCUT2D eigenvalue weighted by Crippen LogP contribution is -2.55. The van der Waals surface area contributed by atoms with E-state index in [0.29, 0.717) is 12.6 Å². The molecule has 28 heavy (non-hydrogen) atoms. The standard InChI is InChI=1S/C22H30FN3O2/c1-27-17-22-9-8-21(28-22)16-24-10-2-3-20(15-24)26-13-11-25(12-14-26)19-6-4-18(23)5-7-19/h4-9,20H,2-3,10-17H2,1H3/t20-/m0/s1. The minimum atomic E-state index is -0.171. The zero-order chi connectivity index (χ0) is 19.3. The first kappa shape index (κ1) is 19.4. The molecule has 2 fully saturated rings. The highest BCUT2D eigenvalue weighted by Gasteiger charge is 2.28. The first-order valence-electron chi connectivity index (χ1n) is 10.2. The molecular weight excluding hydrogens is 357 g/mol. The summed E-state index contributed by atoms with van der Waals surface area (Å²) >= 11 is 0. The van der Waals surface area contributed by atoms with Crippen LogP contribution in [-0.4, -0.2) is 62.2 Å². The van der Waals surface area contributed by atoms with E-state index in [-0.39, 0.29) is 5.82 Å². The van der Waals surface area contributed by atoms with Crippen molar-refractivity contribution in [3.63, 3.8) is 0 Å². The van der Waals surface area contributed by atoms with Gasteiger partial charge >= 0.3 is 0 Å². The number of furan rings is 1.